The van der Waals surface area contributed by atoms with E-state index in [1.54, 1.807) is 31.2 Å². The fraction of sp³-hybridized carbons (Fsp3) is 0.375. The SMILES string of the molecule is Cc1nn(-c2cccc(Cl)c2)nc1C(=O)NCC(=O)NC(C)(C)C. The van der Waals surface area contributed by atoms with Gasteiger partial charge in [0.1, 0.15) is 0 Å². The summed E-state index contributed by atoms with van der Waals surface area (Å²) in [5, 5.41) is 14.3. The van der Waals surface area contributed by atoms with Gasteiger partial charge in [0.05, 0.1) is 17.9 Å². The second-order valence-electron chi connectivity index (χ2n) is 6.38. The molecule has 0 aliphatic heterocycles. The molecule has 1 heterocycles. The number of carbonyl (C=O) groups is 2. The fourth-order valence-electron chi connectivity index (χ4n) is 2.01. The number of hydrogen-bond donors (Lipinski definition) is 2. The monoisotopic (exact) mass is 349 g/mol. The average Bonchev–Trinajstić information content (AvgIpc) is 2.85. The Morgan fingerprint density at radius 2 is 1.96 bits per heavy atom. The second kappa shape index (κ2) is 7.00. The van der Waals surface area contributed by atoms with Crippen molar-refractivity contribution in [2.24, 2.45) is 0 Å². The van der Waals surface area contributed by atoms with Gasteiger partial charge >= 0.3 is 0 Å². The second-order valence-corrected chi connectivity index (χ2v) is 6.82. The number of hydrogen-bond acceptors (Lipinski definition) is 4. The molecular weight excluding hydrogens is 330 g/mol. The molecule has 0 atom stereocenters. The van der Waals surface area contributed by atoms with Gasteiger partial charge in [0, 0.05) is 10.6 Å². The molecular formula is C16H20ClN5O2. The Bertz CT molecular complexity index is 764. The van der Waals surface area contributed by atoms with Crippen molar-refractivity contribution >= 4 is 23.4 Å². The Morgan fingerprint density at radius 1 is 1.25 bits per heavy atom. The number of aryl methyl sites for hydroxylation is 1. The lowest BCUT2D eigenvalue weighted by molar-refractivity contribution is -0.121. The van der Waals surface area contributed by atoms with Crippen LogP contribution in [0.15, 0.2) is 24.3 Å². The first-order valence-corrected chi connectivity index (χ1v) is 7.82. The van der Waals surface area contributed by atoms with Gasteiger partial charge in [-0.2, -0.15) is 9.90 Å². The van der Waals surface area contributed by atoms with Gasteiger partial charge in [-0.15, -0.1) is 5.10 Å². The summed E-state index contributed by atoms with van der Waals surface area (Å²) in [6, 6.07) is 6.99. The number of nitrogens with zero attached hydrogens (tertiary/aromatic N) is 3. The van der Waals surface area contributed by atoms with Crippen molar-refractivity contribution in [3.8, 4) is 5.69 Å². The Labute approximate surface area is 145 Å². The zero-order chi connectivity index (χ0) is 17.9. The fourth-order valence-corrected chi connectivity index (χ4v) is 2.20. The first-order valence-electron chi connectivity index (χ1n) is 7.45. The molecule has 1 aromatic carbocycles. The van der Waals surface area contributed by atoms with E-state index in [0.717, 1.165) is 0 Å². The number of nitrogens with one attached hydrogen (secondary N) is 2. The summed E-state index contributed by atoms with van der Waals surface area (Å²) in [7, 11) is 0. The highest BCUT2D eigenvalue weighted by Crippen LogP contribution is 2.14. The van der Waals surface area contributed by atoms with Gasteiger partial charge in [-0.05, 0) is 45.9 Å². The van der Waals surface area contributed by atoms with Gasteiger partial charge < -0.3 is 10.6 Å². The minimum atomic E-state index is -0.454. The van der Waals surface area contributed by atoms with Crippen LogP contribution in [-0.2, 0) is 4.79 Å². The molecule has 0 aliphatic rings. The van der Waals surface area contributed by atoms with E-state index in [1.165, 1.54) is 4.80 Å². The molecule has 2 amide bonds. The predicted molar refractivity (Wildman–Crippen MR) is 91.3 cm³/mol. The summed E-state index contributed by atoms with van der Waals surface area (Å²) in [5.41, 5.74) is 0.922. The van der Waals surface area contributed by atoms with Gasteiger partial charge in [0.25, 0.3) is 5.91 Å². The Balaban J connectivity index is 2.07. The van der Waals surface area contributed by atoms with Crippen LogP contribution in [0.25, 0.3) is 5.69 Å². The van der Waals surface area contributed by atoms with E-state index in [2.05, 4.69) is 20.8 Å². The molecule has 0 bridgehead atoms. The van der Waals surface area contributed by atoms with Crippen LogP contribution in [0.3, 0.4) is 0 Å². The molecule has 7 nitrogen and oxygen atoms in total. The van der Waals surface area contributed by atoms with E-state index in [4.69, 9.17) is 11.6 Å². The van der Waals surface area contributed by atoms with Crippen LogP contribution in [0.4, 0.5) is 0 Å². The van der Waals surface area contributed by atoms with Crippen molar-refractivity contribution in [3.63, 3.8) is 0 Å². The van der Waals surface area contributed by atoms with Crippen molar-refractivity contribution < 1.29 is 9.59 Å². The van der Waals surface area contributed by atoms with Crippen LogP contribution >= 0.6 is 11.6 Å². The molecule has 8 heteroatoms. The van der Waals surface area contributed by atoms with Crippen molar-refractivity contribution in [3.05, 3.63) is 40.7 Å². The van der Waals surface area contributed by atoms with E-state index in [9.17, 15) is 9.59 Å². The normalized spacial score (nSPS) is 11.2. The van der Waals surface area contributed by atoms with Crippen LogP contribution in [0.1, 0.15) is 37.0 Å². The number of halogens is 1. The standard InChI is InChI=1S/C16H20ClN5O2/c1-10-14(15(24)18-9-13(23)19-16(2,3)4)21-22(20-10)12-7-5-6-11(17)8-12/h5-8H,9H2,1-4H3,(H,18,24)(H,19,23). The predicted octanol–water partition coefficient (Wildman–Crippen LogP) is 1.87. The topological polar surface area (TPSA) is 88.9 Å². The van der Waals surface area contributed by atoms with Crippen LogP contribution in [-0.4, -0.2) is 38.9 Å². The third-order valence-electron chi connectivity index (χ3n) is 2.96. The molecule has 0 unspecified atom stereocenters. The Kier molecular flexibility index (Phi) is 5.23. The molecule has 2 aromatic rings. The van der Waals surface area contributed by atoms with Crippen molar-refractivity contribution in [2.45, 2.75) is 33.2 Å². The van der Waals surface area contributed by atoms with E-state index < -0.39 is 5.91 Å². The maximum absolute atomic E-state index is 12.2. The van der Waals surface area contributed by atoms with E-state index in [-0.39, 0.29) is 23.7 Å². The number of carbonyl (C=O) groups excluding carboxylic acids is 2. The lowest BCUT2D eigenvalue weighted by atomic mass is 10.1. The highest BCUT2D eigenvalue weighted by molar-refractivity contribution is 6.30. The zero-order valence-electron chi connectivity index (χ0n) is 14.1. The molecule has 0 radical (unpaired) electrons. The number of benzene rings is 1. The molecule has 1 aromatic heterocycles. The number of amides is 2. The minimum absolute atomic E-state index is 0.125. The zero-order valence-corrected chi connectivity index (χ0v) is 14.8. The molecule has 2 N–H and O–H groups in total. The summed E-state index contributed by atoms with van der Waals surface area (Å²) in [4.78, 5) is 25.3. The first kappa shape index (κ1) is 17.9. The lowest BCUT2D eigenvalue weighted by Crippen LogP contribution is -2.45. The lowest BCUT2D eigenvalue weighted by Gasteiger charge is -2.20. The molecule has 0 saturated heterocycles. The van der Waals surface area contributed by atoms with Crippen LogP contribution in [0.2, 0.25) is 5.02 Å². The Hall–Kier alpha value is -2.41. The number of aromatic nitrogens is 3. The van der Waals surface area contributed by atoms with Gasteiger partial charge in [-0.25, -0.2) is 0 Å². The summed E-state index contributed by atoms with van der Waals surface area (Å²) in [6.45, 7) is 7.16. The summed E-state index contributed by atoms with van der Waals surface area (Å²) >= 11 is 5.95. The molecule has 0 fully saturated rings. The average molecular weight is 350 g/mol. The third-order valence-corrected chi connectivity index (χ3v) is 3.20. The molecule has 0 spiro atoms. The maximum Gasteiger partial charge on any atom is 0.274 e. The molecule has 24 heavy (non-hydrogen) atoms. The highest BCUT2D eigenvalue weighted by Gasteiger charge is 2.19. The van der Waals surface area contributed by atoms with Gasteiger partial charge in [-0.3, -0.25) is 9.59 Å². The van der Waals surface area contributed by atoms with E-state index in [1.807, 2.05) is 20.8 Å². The summed E-state index contributed by atoms with van der Waals surface area (Å²) in [5.74, 6) is -0.722. The van der Waals surface area contributed by atoms with Gasteiger partial charge in [0.15, 0.2) is 5.69 Å². The molecule has 0 aliphatic carbocycles. The molecule has 0 saturated carbocycles. The first-order chi connectivity index (χ1) is 11.2. The Morgan fingerprint density at radius 3 is 2.58 bits per heavy atom. The van der Waals surface area contributed by atoms with Crippen LogP contribution in [0, 0.1) is 6.92 Å². The third kappa shape index (κ3) is 4.79. The minimum Gasteiger partial charge on any atom is -0.350 e. The van der Waals surface area contributed by atoms with Crippen molar-refractivity contribution in [2.75, 3.05) is 6.54 Å². The van der Waals surface area contributed by atoms with Crippen molar-refractivity contribution in [1.29, 1.82) is 0 Å². The smallest absolute Gasteiger partial charge is 0.274 e. The molecule has 128 valence electrons. The maximum atomic E-state index is 12.2. The summed E-state index contributed by atoms with van der Waals surface area (Å²) < 4.78 is 0. The van der Waals surface area contributed by atoms with E-state index >= 15 is 0 Å². The van der Waals surface area contributed by atoms with Gasteiger partial charge in [-0.1, -0.05) is 17.7 Å². The van der Waals surface area contributed by atoms with Gasteiger partial charge in [0.2, 0.25) is 5.91 Å². The van der Waals surface area contributed by atoms with Crippen molar-refractivity contribution in [1.82, 2.24) is 25.6 Å². The molecule has 2 rings (SSSR count). The van der Waals surface area contributed by atoms with Crippen LogP contribution < -0.4 is 10.6 Å². The van der Waals surface area contributed by atoms with Crippen LogP contribution in [0.5, 0.6) is 0 Å². The largest absolute Gasteiger partial charge is 0.350 e. The number of rotatable bonds is 4. The summed E-state index contributed by atoms with van der Waals surface area (Å²) in [6.07, 6.45) is 0. The van der Waals surface area contributed by atoms with E-state index in [0.29, 0.717) is 16.4 Å². The highest BCUT2D eigenvalue weighted by atomic mass is 35.5. The quantitative estimate of drug-likeness (QED) is 0.882.